The highest BCUT2D eigenvalue weighted by atomic mass is 32.2. The van der Waals surface area contributed by atoms with Crippen LogP contribution in [0.2, 0.25) is 0 Å². The third-order valence-electron chi connectivity index (χ3n) is 5.01. The lowest BCUT2D eigenvalue weighted by Gasteiger charge is -2.27. The molecule has 2 aromatic carbocycles. The van der Waals surface area contributed by atoms with Gasteiger partial charge in [0.15, 0.2) is 0 Å². The van der Waals surface area contributed by atoms with E-state index in [0.717, 1.165) is 24.3 Å². The van der Waals surface area contributed by atoms with Gasteiger partial charge in [-0.2, -0.15) is 17.5 Å². The number of carbonyl (C=O) groups is 1. The molecule has 0 aliphatic carbocycles. The topological polar surface area (TPSA) is 97.0 Å². The summed E-state index contributed by atoms with van der Waals surface area (Å²) in [7, 11) is -2.49. The Bertz CT molecular complexity index is 1090. The molecule has 3 rings (SSSR count). The molecule has 0 aromatic heterocycles. The van der Waals surface area contributed by atoms with Crippen LogP contribution in [-0.2, 0) is 25.7 Å². The Morgan fingerprint density at radius 2 is 1.70 bits per heavy atom. The van der Waals surface area contributed by atoms with Crippen LogP contribution in [0.15, 0.2) is 47.4 Å². The monoisotopic (exact) mass is 487 g/mol. The summed E-state index contributed by atoms with van der Waals surface area (Å²) in [6.45, 7) is 2.56. The Morgan fingerprint density at radius 3 is 2.27 bits per heavy atom. The number of halogens is 3. The lowest BCUT2D eigenvalue weighted by atomic mass is 10.2. The SMILES string of the molecule is COc1ccc(NC(C)C(=O)Nc2ccc(C(F)(F)F)cc2)cc1S(=O)(=O)N1CCOCC1. The molecule has 33 heavy (non-hydrogen) atoms. The van der Waals surface area contributed by atoms with Crippen LogP contribution in [0.4, 0.5) is 24.5 Å². The highest BCUT2D eigenvalue weighted by molar-refractivity contribution is 7.89. The van der Waals surface area contributed by atoms with Crippen LogP contribution in [0, 0.1) is 0 Å². The zero-order chi connectivity index (χ0) is 24.2. The number of morpholine rings is 1. The first-order valence-electron chi connectivity index (χ1n) is 10.0. The summed E-state index contributed by atoms with van der Waals surface area (Å²) >= 11 is 0. The van der Waals surface area contributed by atoms with Crippen LogP contribution >= 0.6 is 0 Å². The van der Waals surface area contributed by atoms with E-state index in [4.69, 9.17) is 9.47 Å². The van der Waals surface area contributed by atoms with Crippen LogP contribution in [0.5, 0.6) is 5.75 Å². The van der Waals surface area contributed by atoms with E-state index in [-0.39, 0.29) is 29.4 Å². The van der Waals surface area contributed by atoms with Gasteiger partial charge in [0.05, 0.1) is 25.9 Å². The number of hydrogen-bond acceptors (Lipinski definition) is 6. The normalized spacial score (nSPS) is 16.2. The van der Waals surface area contributed by atoms with Gasteiger partial charge in [-0.1, -0.05) is 0 Å². The number of alkyl halides is 3. The molecule has 0 radical (unpaired) electrons. The number of nitrogens with one attached hydrogen (secondary N) is 2. The van der Waals surface area contributed by atoms with E-state index in [1.165, 1.54) is 23.5 Å². The maximum Gasteiger partial charge on any atom is 0.416 e. The summed E-state index contributed by atoms with van der Waals surface area (Å²) in [6, 6.07) is 7.68. The molecule has 12 heteroatoms. The van der Waals surface area contributed by atoms with Crippen molar-refractivity contribution in [3.63, 3.8) is 0 Å². The van der Waals surface area contributed by atoms with E-state index < -0.39 is 33.7 Å². The van der Waals surface area contributed by atoms with Gasteiger partial charge < -0.3 is 20.1 Å². The smallest absolute Gasteiger partial charge is 0.416 e. The number of nitrogens with zero attached hydrogens (tertiary/aromatic N) is 1. The molecular weight excluding hydrogens is 463 g/mol. The Labute approximate surface area is 189 Å². The van der Waals surface area contributed by atoms with Crippen molar-refractivity contribution < 1.29 is 35.9 Å². The Hall–Kier alpha value is -2.83. The molecule has 8 nitrogen and oxygen atoms in total. The molecule has 1 unspecified atom stereocenters. The van der Waals surface area contributed by atoms with Crippen LogP contribution in [0.25, 0.3) is 0 Å². The lowest BCUT2D eigenvalue weighted by Crippen LogP contribution is -2.40. The van der Waals surface area contributed by atoms with E-state index in [1.54, 1.807) is 13.0 Å². The standard InChI is InChI=1S/C21H24F3N3O5S/c1-14(20(28)26-16-5-3-15(4-6-16)21(22,23)24)25-17-7-8-18(31-2)19(13-17)33(29,30)27-9-11-32-12-10-27/h3-8,13-14,25H,9-12H2,1-2H3,(H,26,28). The Morgan fingerprint density at radius 1 is 1.09 bits per heavy atom. The summed E-state index contributed by atoms with van der Waals surface area (Å²) in [5.74, 6) is -0.350. The van der Waals surface area contributed by atoms with Crippen molar-refractivity contribution in [1.29, 1.82) is 0 Å². The second-order valence-corrected chi connectivity index (χ2v) is 9.22. The second kappa shape index (κ2) is 9.98. The molecular formula is C21H24F3N3O5S. The molecule has 0 bridgehead atoms. The van der Waals surface area contributed by atoms with Gasteiger partial charge in [0.2, 0.25) is 15.9 Å². The van der Waals surface area contributed by atoms with Gasteiger partial charge in [-0.15, -0.1) is 0 Å². The van der Waals surface area contributed by atoms with Gasteiger partial charge in [-0.25, -0.2) is 8.42 Å². The van der Waals surface area contributed by atoms with Crippen molar-refractivity contribution in [3.8, 4) is 5.75 Å². The first-order chi connectivity index (χ1) is 15.5. The lowest BCUT2D eigenvalue weighted by molar-refractivity contribution is -0.137. The van der Waals surface area contributed by atoms with Crippen molar-refractivity contribution in [2.24, 2.45) is 0 Å². The van der Waals surface area contributed by atoms with Gasteiger partial charge >= 0.3 is 6.18 Å². The van der Waals surface area contributed by atoms with E-state index in [2.05, 4.69) is 10.6 Å². The van der Waals surface area contributed by atoms with Crippen LogP contribution in [0.1, 0.15) is 12.5 Å². The minimum absolute atomic E-state index is 0.0488. The first kappa shape index (κ1) is 24.8. The number of ether oxygens (including phenoxy) is 2. The van der Waals surface area contributed by atoms with Gasteiger partial charge in [0.1, 0.15) is 16.7 Å². The maximum atomic E-state index is 13.1. The third-order valence-corrected chi connectivity index (χ3v) is 6.93. The Kier molecular flexibility index (Phi) is 7.50. The number of anilines is 2. The minimum Gasteiger partial charge on any atom is -0.495 e. The van der Waals surface area contributed by atoms with Crippen molar-refractivity contribution in [1.82, 2.24) is 4.31 Å². The zero-order valence-electron chi connectivity index (χ0n) is 18.0. The fourth-order valence-electron chi connectivity index (χ4n) is 3.20. The Balaban J connectivity index is 1.73. The molecule has 0 saturated carbocycles. The van der Waals surface area contributed by atoms with Gasteiger partial charge in [-0.3, -0.25) is 4.79 Å². The number of sulfonamides is 1. The van der Waals surface area contributed by atoms with Crippen LogP contribution in [0.3, 0.4) is 0 Å². The van der Waals surface area contributed by atoms with Crippen molar-refractivity contribution in [2.75, 3.05) is 44.0 Å². The summed E-state index contributed by atoms with van der Waals surface area (Å²) in [6.07, 6.45) is -4.47. The van der Waals surface area contributed by atoms with Crippen LogP contribution < -0.4 is 15.4 Å². The molecule has 0 spiro atoms. The summed E-state index contributed by atoms with van der Waals surface area (Å²) in [5.41, 5.74) is -0.261. The number of hydrogen-bond donors (Lipinski definition) is 2. The molecule has 2 aromatic rings. The second-order valence-electron chi connectivity index (χ2n) is 7.31. The number of rotatable bonds is 7. The highest BCUT2D eigenvalue weighted by Gasteiger charge is 2.31. The van der Waals surface area contributed by atoms with Crippen molar-refractivity contribution in [3.05, 3.63) is 48.0 Å². The molecule has 1 saturated heterocycles. The van der Waals surface area contributed by atoms with Crippen LogP contribution in [-0.4, -0.2) is 58.1 Å². The predicted octanol–water partition coefficient (Wildman–Crippen LogP) is 3.17. The number of amides is 1. The highest BCUT2D eigenvalue weighted by Crippen LogP contribution is 2.31. The average molecular weight is 488 g/mol. The zero-order valence-corrected chi connectivity index (χ0v) is 18.8. The quantitative estimate of drug-likeness (QED) is 0.623. The van der Waals surface area contributed by atoms with E-state index >= 15 is 0 Å². The summed E-state index contributed by atoms with van der Waals surface area (Å²) in [4.78, 5) is 12.4. The molecule has 1 amide bonds. The largest absolute Gasteiger partial charge is 0.495 e. The molecule has 1 atom stereocenters. The number of methoxy groups -OCH3 is 1. The first-order valence-corrected chi connectivity index (χ1v) is 11.5. The van der Waals surface area contributed by atoms with Crippen molar-refractivity contribution in [2.45, 2.75) is 24.0 Å². The van der Waals surface area contributed by atoms with E-state index in [9.17, 15) is 26.4 Å². The molecule has 1 fully saturated rings. The maximum absolute atomic E-state index is 13.1. The predicted molar refractivity (Wildman–Crippen MR) is 116 cm³/mol. The third kappa shape index (κ3) is 5.95. The fourth-order valence-corrected chi connectivity index (χ4v) is 4.79. The molecule has 1 aliphatic rings. The van der Waals surface area contributed by atoms with E-state index in [0.29, 0.717) is 18.9 Å². The van der Waals surface area contributed by atoms with Gasteiger partial charge in [0, 0.05) is 24.5 Å². The van der Waals surface area contributed by atoms with Gasteiger partial charge in [-0.05, 0) is 49.4 Å². The molecule has 1 heterocycles. The number of benzene rings is 2. The molecule has 1 aliphatic heterocycles. The van der Waals surface area contributed by atoms with Gasteiger partial charge in [0.25, 0.3) is 0 Å². The fraction of sp³-hybridized carbons (Fsp3) is 0.381. The molecule has 2 N–H and O–H groups in total. The summed E-state index contributed by atoms with van der Waals surface area (Å²) in [5, 5.41) is 5.43. The molecule has 180 valence electrons. The minimum atomic E-state index is -4.47. The van der Waals surface area contributed by atoms with E-state index in [1.807, 2.05) is 0 Å². The van der Waals surface area contributed by atoms with Crippen molar-refractivity contribution >= 4 is 27.3 Å². The summed E-state index contributed by atoms with van der Waals surface area (Å²) < 4.78 is 75.9. The number of carbonyl (C=O) groups excluding carboxylic acids is 1. The average Bonchev–Trinajstić information content (AvgIpc) is 2.79.